The van der Waals surface area contributed by atoms with Crippen LogP contribution in [0.15, 0.2) is 18.2 Å². The standard InChI is InChI=1S/C14H22N4/c1-4-9(2)7-10(3)16-14-17-12-6-5-11(15)8-13(12)18-14/h5-6,8-10H,4,7,15H2,1-3H3,(H2,16,17,18). The van der Waals surface area contributed by atoms with Crippen molar-refractivity contribution in [1.82, 2.24) is 9.97 Å². The highest BCUT2D eigenvalue weighted by Crippen LogP contribution is 2.19. The summed E-state index contributed by atoms with van der Waals surface area (Å²) in [5.41, 5.74) is 8.43. The van der Waals surface area contributed by atoms with E-state index >= 15 is 0 Å². The van der Waals surface area contributed by atoms with Gasteiger partial charge in [-0.15, -0.1) is 0 Å². The summed E-state index contributed by atoms with van der Waals surface area (Å²) < 4.78 is 0. The van der Waals surface area contributed by atoms with Crippen molar-refractivity contribution in [2.24, 2.45) is 5.92 Å². The van der Waals surface area contributed by atoms with Crippen molar-refractivity contribution in [1.29, 1.82) is 0 Å². The average molecular weight is 246 g/mol. The number of nitrogens with one attached hydrogen (secondary N) is 2. The predicted molar refractivity (Wildman–Crippen MR) is 77.7 cm³/mol. The minimum atomic E-state index is 0.415. The van der Waals surface area contributed by atoms with Crippen LogP contribution in [0.5, 0.6) is 0 Å². The third kappa shape index (κ3) is 2.94. The molecule has 0 aliphatic carbocycles. The minimum Gasteiger partial charge on any atom is -0.399 e. The number of nitrogen functional groups attached to an aromatic ring is 1. The Balaban J connectivity index is 2.07. The number of imidazole rings is 1. The summed E-state index contributed by atoms with van der Waals surface area (Å²) in [7, 11) is 0. The van der Waals surface area contributed by atoms with Crippen LogP contribution in [0, 0.1) is 5.92 Å². The van der Waals surface area contributed by atoms with Gasteiger partial charge in [-0.1, -0.05) is 20.3 Å². The number of nitrogens with two attached hydrogens (primary N) is 1. The highest BCUT2D eigenvalue weighted by atomic mass is 15.1. The number of benzene rings is 1. The molecule has 0 saturated heterocycles. The Hall–Kier alpha value is -1.71. The maximum atomic E-state index is 5.75. The van der Waals surface area contributed by atoms with Crippen LogP contribution in [-0.2, 0) is 0 Å². The van der Waals surface area contributed by atoms with E-state index in [9.17, 15) is 0 Å². The van der Waals surface area contributed by atoms with Crippen LogP contribution in [0.25, 0.3) is 11.0 Å². The molecule has 0 amide bonds. The Morgan fingerprint density at radius 1 is 1.39 bits per heavy atom. The van der Waals surface area contributed by atoms with E-state index in [1.165, 1.54) is 6.42 Å². The van der Waals surface area contributed by atoms with Gasteiger partial charge in [-0.05, 0) is 37.5 Å². The second-order valence-electron chi connectivity index (χ2n) is 5.16. The molecule has 2 unspecified atom stereocenters. The molecule has 4 N–H and O–H groups in total. The van der Waals surface area contributed by atoms with Crippen LogP contribution >= 0.6 is 0 Å². The summed E-state index contributed by atoms with van der Waals surface area (Å²) in [4.78, 5) is 7.76. The first kappa shape index (κ1) is 12.7. The molecule has 0 spiro atoms. The zero-order valence-electron chi connectivity index (χ0n) is 11.3. The highest BCUT2D eigenvalue weighted by Gasteiger charge is 2.09. The molecule has 0 aliphatic rings. The summed E-state index contributed by atoms with van der Waals surface area (Å²) in [6.07, 6.45) is 2.36. The molecule has 4 nitrogen and oxygen atoms in total. The van der Waals surface area contributed by atoms with Crippen molar-refractivity contribution in [2.75, 3.05) is 11.1 Å². The molecule has 2 aromatic rings. The van der Waals surface area contributed by atoms with Crippen molar-refractivity contribution in [3.63, 3.8) is 0 Å². The first-order valence-electron chi connectivity index (χ1n) is 6.60. The SMILES string of the molecule is CCC(C)CC(C)Nc1nc2ccc(N)cc2[nH]1. The van der Waals surface area contributed by atoms with Crippen LogP contribution in [-0.4, -0.2) is 16.0 Å². The first-order chi connectivity index (χ1) is 8.58. The molecule has 0 fully saturated rings. The lowest BCUT2D eigenvalue weighted by atomic mass is 10.0. The maximum absolute atomic E-state index is 5.75. The third-order valence-electron chi connectivity index (χ3n) is 3.34. The molecule has 2 rings (SSSR count). The summed E-state index contributed by atoms with van der Waals surface area (Å²) in [5.74, 6) is 1.55. The fourth-order valence-corrected chi connectivity index (χ4v) is 2.16. The van der Waals surface area contributed by atoms with Crippen molar-refractivity contribution in [2.45, 2.75) is 39.7 Å². The fraction of sp³-hybridized carbons (Fsp3) is 0.500. The number of rotatable bonds is 5. The summed E-state index contributed by atoms with van der Waals surface area (Å²) in [6.45, 7) is 6.69. The van der Waals surface area contributed by atoms with Gasteiger partial charge < -0.3 is 16.0 Å². The lowest BCUT2D eigenvalue weighted by molar-refractivity contribution is 0.483. The molecule has 98 valence electrons. The zero-order valence-corrected chi connectivity index (χ0v) is 11.3. The number of nitrogens with zero attached hydrogens (tertiary/aromatic N) is 1. The molecule has 1 aromatic carbocycles. The second-order valence-corrected chi connectivity index (χ2v) is 5.16. The van der Waals surface area contributed by atoms with Gasteiger partial charge in [0.05, 0.1) is 11.0 Å². The Morgan fingerprint density at radius 2 is 2.17 bits per heavy atom. The number of hydrogen-bond acceptors (Lipinski definition) is 3. The van der Waals surface area contributed by atoms with Crippen LogP contribution in [0.1, 0.15) is 33.6 Å². The third-order valence-corrected chi connectivity index (χ3v) is 3.34. The molecular weight excluding hydrogens is 224 g/mol. The van der Waals surface area contributed by atoms with E-state index < -0.39 is 0 Å². The van der Waals surface area contributed by atoms with Gasteiger partial charge in [-0.25, -0.2) is 4.98 Å². The van der Waals surface area contributed by atoms with Gasteiger partial charge in [0.1, 0.15) is 0 Å². The van der Waals surface area contributed by atoms with Gasteiger partial charge in [0.15, 0.2) is 0 Å². The number of H-pyrrole nitrogens is 1. The van der Waals surface area contributed by atoms with Gasteiger partial charge in [0.2, 0.25) is 5.95 Å². The van der Waals surface area contributed by atoms with Gasteiger partial charge in [0, 0.05) is 11.7 Å². The van der Waals surface area contributed by atoms with E-state index in [1.54, 1.807) is 0 Å². The summed E-state index contributed by atoms with van der Waals surface area (Å²) >= 11 is 0. The van der Waals surface area contributed by atoms with Crippen LogP contribution in [0.4, 0.5) is 11.6 Å². The van der Waals surface area contributed by atoms with Crippen molar-refractivity contribution in [3.8, 4) is 0 Å². The predicted octanol–water partition coefficient (Wildman–Crippen LogP) is 3.38. The molecule has 0 bridgehead atoms. The van der Waals surface area contributed by atoms with Crippen molar-refractivity contribution in [3.05, 3.63) is 18.2 Å². The molecule has 1 aromatic heterocycles. The Bertz CT molecular complexity index is 517. The van der Waals surface area contributed by atoms with E-state index in [0.29, 0.717) is 6.04 Å². The summed E-state index contributed by atoms with van der Waals surface area (Å²) in [6, 6.07) is 6.13. The number of aromatic amines is 1. The molecule has 18 heavy (non-hydrogen) atoms. The zero-order chi connectivity index (χ0) is 13.1. The number of fused-ring (bicyclic) bond motifs is 1. The van der Waals surface area contributed by atoms with E-state index in [2.05, 4.69) is 36.1 Å². The van der Waals surface area contributed by atoms with Gasteiger partial charge in [-0.2, -0.15) is 0 Å². The fourth-order valence-electron chi connectivity index (χ4n) is 2.16. The topological polar surface area (TPSA) is 66.7 Å². The molecule has 0 saturated carbocycles. The molecule has 0 aliphatic heterocycles. The molecule has 2 atom stereocenters. The normalized spacial score (nSPS) is 14.6. The minimum absolute atomic E-state index is 0.415. The van der Waals surface area contributed by atoms with Gasteiger partial charge in [-0.3, -0.25) is 0 Å². The Labute approximate surface area is 108 Å². The molecule has 4 heteroatoms. The Kier molecular flexibility index (Phi) is 3.75. The Morgan fingerprint density at radius 3 is 2.89 bits per heavy atom. The largest absolute Gasteiger partial charge is 0.399 e. The van der Waals surface area contributed by atoms with Crippen LogP contribution in [0.2, 0.25) is 0 Å². The number of hydrogen-bond donors (Lipinski definition) is 3. The molecular formula is C14H22N4. The first-order valence-corrected chi connectivity index (χ1v) is 6.60. The van der Waals surface area contributed by atoms with Crippen molar-refractivity contribution < 1.29 is 0 Å². The van der Waals surface area contributed by atoms with E-state index in [-0.39, 0.29) is 0 Å². The van der Waals surface area contributed by atoms with Crippen molar-refractivity contribution >= 4 is 22.7 Å². The smallest absolute Gasteiger partial charge is 0.201 e. The van der Waals surface area contributed by atoms with Gasteiger partial charge >= 0.3 is 0 Å². The van der Waals surface area contributed by atoms with Crippen LogP contribution < -0.4 is 11.1 Å². The van der Waals surface area contributed by atoms with E-state index in [0.717, 1.165) is 35.0 Å². The summed E-state index contributed by atoms with van der Waals surface area (Å²) in [5, 5.41) is 3.41. The lowest BCUT2D eigenvalue weighted by Gasteiger charge is -2.16. The van der Waals surface area contributed by atoms with Gasteiger partial charge in [0.25, 0.3) is 0 Å². The maximum Gasteiger partial charge on any atom is 0.201 e. The van der Waals surface area contributed by atoms with E-state index in [4.69, 9.17) is 5.73 Å². The highest BCUT2D eigenvalue weighted by molar-refractivity contribution is 5.80. The average Bonchev–Trinajstić information content (AvgIpc) is 2.69. The molecule has 1 heterocycles. The van der Waals surface area contributed by atoms with Crippen LogP contribution in [0.3, 0.4) is 0 Å². The quantitative estimate of drug-likeness (QED) is 0.708. The number of aromatic nitrogens is 2. The second kappa shape index (κ2) is 5.29. The van der Waals surface area contributed by atoms with E-state index in [1.807, 2.05) is 18.2 Å². The lowest BCUT2D eigenvalue weighted by Crippen LogP contribution is -2.18. The number of anilines is 2. The molecule has 0 radical (unpaired) electrons. The monoisotopic (exact) mass is 246 g/mol.